The maximum atomic E-state index is 5.35. The van der Waals surface area contributed by atoms with Gasteiger partial charge in [0.25, 0.3) is 0 Å². The number of ether oxygens (including phenoxy) is 1. The van der Waals surface area contributed by atoms with E-state index < -0.39 is 0 Å². The van der Waals surface area contributed by atoms with Gasteiger partial charge in [-0.2, -0.15) is 10.2 Å². The summed E-state index contributed by atoms with van der Waals surface area (Å²) in [5.74, 6) is 1.43. The first kappa shape index (κ1) is 20.7. The van der Waals surface area contributed by atoms with Crippen LogP contribution in [-0.4, -0.2) is 39.0 Å². The number of thioether (sulfide) groups is 1. The predicted molar refractivity (Wildman–Crippen MR) is 114 cm³/mol. The van der Waals surface area contributed by atoms with Crippen LogP contribution in [0.2, 0.25) is 0 Å². The average molecular weight is 438 g/mol. The van der Waals surface area contributed by atoms with Crippen molar-refractivity contribution in [1.82, 2.24) is 0 Å². The summed E-state index contributed by atoms with van der Waals surface area (Å²) in [6.45, 7) is 1.05. The Morgan fingerprint density at radius 1 is 1.15 bits per heavy atom. The number of nitrogens with zero attached hydrogens (tertiary/aromatic N) is 3. The van der Waals surface area contributed by atoms with Crippen LogP contribution in [-0.2, 0) is 0 Å². The average Bonchev–Trinajstić information content (AvgIpc) is 2.66. The quantitative estimate of drug-likeness (QED) is 0.194. The number of anilines is 1. The van der Waals surface area contributed by atoms with Gasteiger partial charge in [-0.1, -0.05) is 27.7 Å². The summed E-state index contributed by atoms with van der Waals surface area (Å²) < 4.78 is 5.35. The first-order chi connectivity index (χ1) is 12.6. The molecule has 0 aliphatic rings. The third-order valence-corrected chi connectivity index (χ3v) is 5.22. The molecule has 0 bridgehead atoms. The molecule has 0 radical (unpaired) electrons. The van der Waals surface area contributed by atoms with Crippen molar-refractivity contribution in [2.45, 2.75) is 11.3 Å². The number of nitrogens with two attached hydrogens (primary N) is 1. The van der Waals surface area contributed by atoms with Crippen molar-refractivity contribution in [3.05, 3.63) is 42.5 Å². The predicted octanol–water partition coefficient (Wildman–Crippen LogP) is 4.57. The number of hydrogen-bond donors (Lipinski definition) is 1. The van der Waals surface area contributed by atoms with E-state index in [0.717, 1.165) is 35.4 Å². The van der Waals surface area contributed by atoms with Crippen LogP contribution < -0.4 is 15.0 Å². The molecule has 140 valence electrons. The summed E-state index contributed by atoms with van der Waals surface area (Å²) in [6, 6.07) is 14.2. The van der Waals surface area contributed by atoms with Crippen LogP contribution in [0.3, 0.4) is 0 Å². The van der Waals surface area contributed by atoms with Crippen LogP contribution in [0, 0.1) is 0 Å². The van der Waals surface area contributed by atoms with Gasteiger partial charge in [0, 0.05) is 37.6 Å². The Morgan fingerprint density at radius 3 is 2.58 bits per heavy atom. The van der Waals surface area contributed by atoms with Crippen LogP contribution >= 0.6 is 27.7 Å². The third kappa shape index (κ3) is 6.63. The van der Waals surface area contributed by atoms with E-state index in [4.69, 9.17) is 4.74 Å². The molecule has 7 heteroatoms. The van der Waals surface area contributed by atoms with E-state index in [9.17, 15) is 0 Å². The van der Waals surface area contributed by atoms with Gasteiger partial charge in [-0.05, 0) is 36.4 Å². The highest BCUT2D eigenvalue weighted by Crippen LogP contribution is 2.29. The van der Waals surface area contributed by atoms with Crippen molar-refractivity contribution in [1.29, 1.82) is 0 Å². The lowest BCUT2D eigenvalue weighted by Gasteiger charge is -2.11. The van der Waals surface area contributed by atoms with E-state index >= 15 is 0 Å². The minimum absolute atomic E-state index is 0.571. The smallest absolute Gasteiger partial charge is 0.143 e. The van der Waals surface area contributed by atoms with Gasteiger partial charge in [-0.25, -0.2) is 0 Å². The van der Waals surface area contributed by atoms with Crippen molar-refractivity contribution in [3.63, 3.8) is 0 Å². The first-order valence-electron chi connectivity index (χ1n) is 8.49. The summed E-state index contributed by atoms with van der Waals surface area (Å²) >= 11 is 5.15. The van der Waals surface area contributed by atoms with Gasteiger partial charge < -0.3 is 15.0 Å². The second-order valence-electron chi connectivity index (χ2n) is 5.86. The van der Waals surface area contributed by atoms with Crippen LogP contribution in [0.4, 0.5) is 17.1 Å². The Morgan fingerprint density at radius 2 is 1.92 bits per heavy atom. The van der Waals surface area contributed by atoms with Gasteiger partial charge in [0.15, 0.2) is 0 Å². The zero-order valence-corrected chi connectivity index (χ0v) is 17.9. The SMILES string of the molecule is COc1ccc([NH2+]CCCBr)c(SCN=Nc2ccc(N(C)C)cc2)c1. The van der Waals surface area contributed by atoms with Crippen molar-refractivity contribution < 1.29 is 10.1 Å². The number of halogens is 1. The molecule has 0 atom stereocenters. The minimum atomic E-state index is 0.571. The van der Waals surface area contributed by atoms with Gasteiger partial charge in [0.05, 0.1) is 24.2 Å². The summed E-state index contributed by atoms with van der Waals surface area (Å²) in [6.07, 6.45) is 1.12. The summed E-state index contributed by atoms with van der Waals surface area (Å²) in [5, 5.41) is 11.9. The van der Waals surface area contributed by atoms with Gasteiger partial charge >= 0.3 is 0 Å². The zero-order valence-electron chi connectivity index (χ0n) is 15.5. The second-order valence-corrected chi connectivity index (χ2v) is 7.64. The lowest BCUT2D eigenvalue weighted by atomic mass is 10.3. The zero-order chi connectivity index (χ0) is 18.8. The molecule has 26 heavy (non-hydrogen) atoms. The fourth-order valence-electron chi connectivity index (χ4n) is 2.30. The lowest BCUT2D eigenvalue weighted by molar-refractivity contribution is -0.573. The molecule has 2 N–H and O–H groups in total. The maximum absolute atomic E-state index is 5.35. The summed E-state index contributed by atoms with van der Waals surface area (Å²) in [7, 11) is 5.73. The molecular formula is C19H26BrN4OS+. The molecule has 0 aliphatic heterocycles. The molecule has 0 heterocycles. The number of hydrogen-bond acceptors (Lipinski definition) is 5. The number of methoxy groups -OCH3 is 1. The normalized spacial score (nSPS) is 11.1. The molecule has 0 aliphatic carbocycles. The molecule has 0 aromatic heterocycles. The molecule has 2 aromatic carbocycles. The van der Waals surface area contributed by atoms with Gasteiger partial charge in [0.2, 0.25) is 0 Å². The number of rotatable bonds is 10. The highest BCUT2D eigenvalue weighted by Gasteiger charge is 2.08. The van der Waals surface area contributed by atoms with Gasteiger partial charge in [-0.3, -0.25) is 0 Å². The molecular weight excluding hydrogens is 412 g/mol. The minimum Gasteiger partial charge on any atom is -0.497 e. The number of azo groups is 1. The van der Waals surface area contributed by atoms with Crippen molar-refractivity contribution >= 4 is 44.8 Å². The summed E-state index contributed by atoms with van der Waals surface area (Å²) in [4.78, 5) is 3.23. The Labute approximate surface area is 168 Å². The standard InChI is InChI=1S/C19H25BrN4OS/c1-24(2)16-7-5-15(6-8-16)23-22-14-26-19-13-17(25-3)9-10-18(19)21-12-4-11-20/h5-10,13,21H,4,11-12,14H2,1-3H3/p+1. The molecule has 0 unspecified atom stereocenters. The third-order valence-electron chi connectivity index (χ3n) is 3.75. The highest BCUT2D eigenvalue weighted by molar-refractivity contribution is 9.09. The monoisotopic (exact) mass is 437 g/mol. The maximum Gasteiger partial charge on any atom is 0.143 e. The molecule has 0 spiro atoms. The van der Waals surface area contributed by atoms with Crippen LogP contribution in [0.5, 0.6) is 5.75 Å². The van der Waals surface area contributed by atoms with E-state index in [1.807, 2.05) is 44.4 Å². The Hall–Kier alpha value is -1.57. The molecule has 2 aromatic rings. The summed E-state index contributed by atoms with van der Waals surface area (Å²) in [5.41, 5.74) is 3.24. The Kier molecular flexibility index (Phi) is 8.94. The number of alkyl halides is 1. The molecule has 0 saturated carbocycles. The van der Waals surface area contributed by atoms with E-state index in [2.05, 4.69) is 48.5 Å². The largest absolute Gasteiger partial charge is 0.497 e. The number of benzene rings is 2. The highest BCUT2D eigenvalue weighted by atomic mass is 79.9. The van der Waals surface area contributed by atoms with Crippen molar-refractivity contribution in [2.24, 2.45) is 10.2 Å². The van der Waals surface area contributed by atoms with Crippen LogP contribution in [0.15, 0.2) is 57.6 Å². The second kappa shape index (κ2) is 11.2. The van der Waals surface area contributed by atoms with Crippen LogP contribution in [0.1, 0.15) is 6.42 Å². The molecule has 0 fully saturated rings. The molecule has 5 nitrogen and oxygen atoms in total. The molecule has 2 rings (SSSR count). The number of quaternary nitrogens is 1. The Balaban J connectivity index is 1.96. The molecule has 0 amide bonds. The Bertz CT molecular complexity index is 707. The first-order valence-corrected chi connectivity index (χ1v) is 10.6. The molecule has 0 saturated heterocycles. The van der Waals surface area contributed by atoms with Crippen LogP contribution in [0.25, 0.3) is 0 Å². The fourth-order valence-corrected chi connectivity index (χ4v) is 3.39. The van der Waals surface area contributed by atoms with E-state index in [1.165, 1.54) is 10.6 Å². The van der Waals surface area contributed by atoms with E-state index in [-0.39, 0.29) is 0 Å². The van der Waals surface area contributed by atoms with E-state index in [0.29, 0.717) is 5.88 Å². The lowest BCUT2D eigenvalue weighted by Crippen LogP contribution is -2.78. The topological polar surface area (TPSA) is 53.8 Å². The van der Waals surface area contributed by atoms with Crippen molar-refractivity contribution in [3.8, 4) is 5.75 Å². The fraction of sp³-hybridized carbons (Fsp3) is 0.368. The van der Waals surface area contributed by atoms with Gasteiger partial charge in [-0.15, -0.1) is 0 Å². The van der Waals surface area contributed by atoms with E-state index in [1.54, 1.807) is 18.9 Å². The van der Waals surface area contributed by atoms with Crippen molar-refractivity contribution in [2.75, 3.05) is 43.9 Å². The van der Waals surface area contributed by atoms with Gasteiger partial charge in [0.1, 0.15) is 17.3 Å².